The van der Waals surface area contributed by atoms with Gasteiger partial charge in [0.1, 0.15) is 17.7 Å². The van der Waals surface area contributed by atoms with Gasteiger partial charge in [-0.05, 0) is 24.3 Å². The van der Waals surface area contributed by atoms with Gasteiger partial charge in [0.05, 0.1) is 22.7 Å². The molecule has 1 aromatic carbocycles. The molecule has 0 saturated heterocycles. The highest BCUT2D eigenvalue weighted by Crippen LogP contribution is 2.21. The van der Waals surface area contributed by atoms with E-state index in [1.165, 1.54) is 12.2 Å². The lowest BCUT2D eigenvalue weighted by molar-refractivity contribution is -0.111. The number of benzene rings is 1. The molecule has 0 aliphatic heterocycles. The van der Waals surface area contributed by atoms with Crippen LogP contribution in [0.3, 0.4) is 0 Å². The van der Waals surface area contributed by atoms with Crippen molar-refractivity contribution in [2.24, 2.45) is 10.7 Å². The molecule has 2 rings (SSSR count). The summed E-state index contributed by atoms with van der Waals surface area (Å²) in [7, 11) is 0. The van der Waals surface area contributed by atoms with Gasteiger partial charge in [-0.1, -0.05) is 12.1 Å². The van der Waals surface area contributed by atoms with Gasteiger partial charge in [-0.3, -0.25) is 4.79 Å². The number of nitrogens with two attached hydrogens (primary N) is 1. The Morgan fingerprint density at radius 3 is 2.53 bits per heavy atom. The zero-order valence-corrected chi connectivity index (χ0v) is 9.79. The van der Waals surface area contributed by atoms with Crippen molar-refractivity contribution in [2.75, 3.05) is 0 Å². The minimum Gasteiger partial charge on any atom is -0.394 e. The molecule has 5 nitrogen and oxygen atoms in total. The molecule has 0 saturated carbocycles. The van der Waals surface area contributed by atoms with Gasteiger partial charge in [-0.15, -0.1) is 0 Å². The molecule has 0 fully saturated rings. The topological polar surface area (TPSA) is 103 Å². The highest BCUT2D eigenvalue weighted by molar-refractivity contribution is 6.24. The van der Waals surface area contributed by atoms with Gasteiger partial charge in [-0.2, -0.15) is 10.5 Å². The normalized spacial score (nSPS) is 16.3. The molecule has 0 radical (unpaired) electrons. The van der Waals surface area contributed by atoms with E-state index in [0.29, 0.717) is 11.3 Å². The van der Waals surface area contributed by atoms with Gasteiger partial charge in [0, 0.05) is 0 Å². The highest BCUT2D eigenvalue weighted by atomic mass is 16.1. The predicted molar refractivity (Wildman–Crippen MR) is 69.2 cm³/mol. The van der Waals surface area contributed by atoms with Crippen molar-refractivity contribution in [3.8, 4) is 12.1 Å². The summed E-state index contributed by atoms with van der Waals surface area (Å²) in [5.74, 6) is -0.413. The van der Waals surface area contributed by atoms with E-state index in [2.05, 4.69) is 4.99 Å². The van der Waals surface area contributed by atoms with Crippen LogP contribution in [0.5, 0.6) is 0 Å². The third-order valence-corrected chi connectivity index (χ3v) is 2.56. The van der Waals surface area contributed by atoms with E-state index in [1.807, 2.05) is 12.1 Å². The zero-order valence-electron chi connectivity index (χ0n) is 9.79. The van der Waals surface area contributed by atoms with E-state index in [1.54, 1.807) is 24.3 Å². The average Bonchev–Trinajstić information content (AvgIpc) is 2.44. The van der Waals surface area contributed by atoms with E-state index < -0.39 is 5.78 Å². The fourth-order valence-corrected chi connectivity index (χ4v) is 1.60. The fraction of sp³-hybridized carbons (Fsp3) is 0. The maximum atomic E-state index is 11.4. The van der Waals surface area contributed by atoms with Crippen molar-refractivity contribution in [3.63, 3.8) is 0 Å². The summed E-state index contributed by atoms with van der Waals surface area (Å²) in [6, 6.07) is 10.6. The smallest absolute Gasteiger partial charge is 0.202 e. The molecule has 1 aliphatic rings. The molecule has 0 amide bonds. The van der Waals surface area contributed by atoms with Crippen molar-refractivity contribution in [1.29, 1.82) is 10.5 Å². The minimum atomic E-state index is -0.413. The van der Waals surface area contributed by atoms with E-state index in [-0.39, 0.29) is 17.0 Å². The molecule has 0 atom stereocenters. The first kappa shape index (κ1) is 12.3. The summed E-state index contributed by atoms with van der Waals surface area (Å²) in [5, 5.41) is 18.0. The second-order valence-electron chi connectivity index (χ2n) is 3.72. The SMILES string of the molecule is N#CC1=C(N)C(=O)C=CC1=Nc1ccccc1C#N. The molecular weight excluding hydrogens is 240 g/mol. The van der Waals surface area contributed by atoms with Crippen LogP contribution in [0, 0.1) is 22.7 Å². The number of carbonyl (C=O) groups excluding carboxylic acids is 1. The van der Waals surface area contributed by atoms with Crippen LogP contribution in [0.2, 0.25) is 0 Å². The Labute approximate surface area is 109 Å². The summed E-state index contributed by atoms with van der Waals surface area (Å²) in [5.41, 5.74) is 6.55. The van der Waals surface area contributed by atoms with Crippen molar-refractivity contribution in [3.05, 3.63) is 53.3 Å². The van der Waals surface area contributed by atoms with Crippen LogP contribution in [0.25, 0.3) is 0 Å². The molecule has 1 aliphatic carbocycles. The van der Waals surface area contributed by atoms with Crippen LogP contribution >= 0.6 is 0 Å². The van der Waals surface area contributed by atoms with Crippen LogP contribution in [-0.2, 0) is 4.79 Å². The van der Waals surface area contributed by atoms with Crippen LogP contribution in [0.1, 0.15) is 5.56 Å². The first-order chi connectivity index (χ1) is 9.17. The summed E-state index contributed by atoms with van der Waals surface area (Å²) < 4.78 is 0. The van der Waals surface area contributed by atoms with E-state index in [9.17, 15) is 4.79 Å². The number of rotatable bonds is 1. The van der Waals surface area contributed by atoms with Gasteiger partial charge in [0.2, 0.25) is 5.78 Å². The van der Waals surface area contributed by atoms with Crippen molar-refractivity contribution >= 4 is 17.2 Å². The fourth-order valence-electron chi connectivity index (χ4n) is 1.60. The molecule has 0 bridgehead atoms. The summed E-state index contributed by atoms with van der Waals surface area (Å²) >= 11 is 0. The lowest BCUT2D eigenvalue weighted by Gasteiger charge is -2.08. The summed E-state index contributed by atoms with van der Waals surface area (Å²) in [6.07, 6.45) is 2.68. The van der Waals surface area contributed by atoms with Crippen molar-refractivity contribution in [2.45, 2.75) is 0 Å². The maximum absolute atomic E-state index is 11.4. The number of aliphatic imine (C=N–C) groups is 1. The second kappa shape index (κ2) is 4.99. The Hall–Kier alpha value is -3.18. The maximum Gasteiger partial charge on any atom is 0.202 e. The molecule has 0 spiro atoms. The summed E-state index contributed by atoms with van der Waals surface area (Å²) in [4.78, 5) is 15.6. The first-order valence-electron chi connectivity index (χ1n) is 5.38. The second-order valence-corrected chi connectivity index (χ2v) is 3.72. The largest absolute Gasteiger partial charge is 0.394 e. The number of hydrogen-bond donors (Lipinski definition) is 1. The number of nitrogens with zero attached hydrogens (tertiary/aromatic N) is 3. The molecular formula is C14H8N4O. The number of carbonyl (C=O) groups is 1. The quantitative estimate of drug-likeness (QED) is 0.760. The molecule has 90 valence electrons. The molecule has 0 aromatic heterocycles. The molecule has 1 aromatic rings. The van der Waals surface area contributed by atoms with E-state index in [0.717, 1.165) is 0 Å². The van der Waals surface area contributed by atoms with Gasteiger partial charge in [0.25, 0.3) is 0 Å². The van der Waals surface area contributed by atoms with Crippen LogP contribution in [-0.4, -0.2) is 11.5 Å². The van der Waals surface area contributed by atoms with Gasteiger partial charge < -0.3 is 5.73 Å². The Morgan fingerprint density at radius 2 is 1.84 bits per heavy atom. The number of nitriles is 2. The van der Waals surface area contributed by atoms with Gasteiger partial charge >= 0.3 is 0 Å². The number of ketones is 1. The van der Waals surface area contributed by atoms with Crippen LogP contribution in [0.4, 0.5) is 5.69 Å². The van der Waals surface area contributed by atoms with Gasteiger partial charge in [-0.25, -0.2) is 4.99 Å². The number of hydrogen-bond acceptors (Lipinski definition) is 5. The third kappa shape index (κ3) is 2.26. The minimum absolute atomic E-state index is 0.0280. The average molecular weight is 248 g/mol. The van der Waals surface area contributed by atoms with E-state index >= 15 is 0 Å². The van der Waals surface area contributed by atoms with Crippen LogP contribution in [0.15, 0.2) is 52.7 Å². The molecule has 0 unspecified atom stereocenters. The monoisotopic (exact) mass is 248 g/mol. The molecule has 2 N–H and O–H groups in total. The first-order valence-corrected chi connectivity index (χ1v) is 5.38. The van der Waals surface area contributed by atoms with Gasteiger partial charge in [0.15, 0.2) is 0 Å². The standard InChI is InChI=1S/C14H8N4O/c15-7-9-3-1-2-4-11(9)18-12-5-6-13(19)14(17)10(12)8-16/h1-6H,17H2. The molecule has 5 heteroatoms. The Bertz CT molecular complexity index is 727. The third-order valence-electron chi connectivity index (χ3n) is 2.56. The number of para-hydroxylation sites is 1. The Morgan fingerprint density at radius 1 is 1.11 bits per heavy atom. The molecule has 0 heterocycles. The Kier molecular flexibility index (Phi) is 3.22. The molecule has 19 heavy (non-hydrogen) atoms. The van der Waals surface area contributed by atoms with Crippen LogP contribution < -0.4 is 5.73 Å². The summed E-state index contributed by atoms with van der Waals surface area (Å²) in [6.45, 7) is 0. The Balaban J connectivity index is 2.57. The van der Waals surface area contributed by atoms with E-state index in [4.69, 9.17) is 16.3 Å². The lowest BCUT2D eigenvalue weighted by Crippen LogP contribution is -2.19. The number of allylic oxidation sites excluding steroid dienone is 3. The predicted octanol–water partition coefficient (Wildman–Crippen LogP) is 1.51. The lowest BCUT2D eigenvalue weighted by atomic mass is 10.0. The van der Waals surface area contributed by atoms with Crippen molar-refractivity contribution in [1.82, 2.24) is 0 Å². The van der Waals surface area contributed by atoms with Crippen molar-refractivity contribution < 1.29 is 4.79 Å². The highest BCUT2D eigenvalue weighted by Gasteiger charge is 2.18. The zero-order chi connectivity index (χ0) is 13.8.